The van der Waals surface area contributed by atoms with E-state index in [0.29, 0.717) is 5.56 Å². The largest absolute Gasteiger partial charge is 0.384 e. The Morgan fingerprint density at radius 3 is 2.70 bits per heavy atom. The number of primary amides is 1. The van der Waals surface area contributed by atoms with Gasteiger partial charge in [-0.1, -0.05) is 24.8 Å². The lowest BCUT2D eigenvalue weighted by atomic mass is 10.2. The van der Waals surface area contributed by atoms with Gasteiger partial charge in [0, 0.05) is 12.1 Å². The second-order valence-electron chi connectivity index (χ2n) is 3.89. The zero-order valence-electron chi connectivity index (χ0n) is 11.0. The molecule has 0 spiro atoms. The van der Waals surface area contributed by atoms with Crippen LogP contribution in [0.25, 0.3) is 0 Å². The molecule has 1 aromatic carbocycles. The number of benzene rings is 1. The highest BCUT2D eigenvalue weighted by molar-refractivity contribution is 7.89. The molecular formula is C13H16N2O4S. The summed E-state index contributed by atoms with van der Waals surface area (Å²) in [5.74, 6) is 4.36. The maximum absolute atomic E-state index is 12.3. The van der Waals surface area contributed by atoms with Crippen LogP contribution in [-0.4, -0.2) is 43.4 Å². The molecule has 0 unspecified atom stereocenters. The molecule has 108 valence electrons. The van der Waals surface area contributed by atoms with Gasteiger partial charge in [-0.05, 0) is 18.2 Å². The van der Waals surface area contributed by atoms with E-state index in [1.54, 1.807) is 19.1 Å². The van der Waals surface area contributed by atoms with Crippen molar-refractivity contribution in [3.63, 3.8) is 0 Å². The van der Waals surface area contributed by atoms with Gasteiger partial charge in [0.2, 0.25) is 15.9 Å². The van der Waals surface area contributed by atoms with Crippen LogP contribution in [0.15, 0.2) is 29.2 Å². The standard InChI is InChI=1S/C13H16N2O4S/c1-2-15(10-13(14)17)20(18,19)12-7-3-5-11(9-12)6-4-8-16/h3,5,7,9,16H,2,8,10H2,1H3,(H2,14,17). The number of aliphatic hydroxyl groups excluding tert-OH is 1. The van der Waals surface area contributed by atoms with E-state index < -0.39 is 15.9 Å². The topological polar surface area (TPSA) is 101 Å². The zero-order chi connectivity index (χ0) is 15.2. The molecule has 1 rings (SSSR count). The number of hydrogen-bond donors (Lipinski definition) is 2. The van der Waals surface area contributed by atoms with Crippen LogP contribution < -0.4 is 5.73 Å². The van der Waals surface area contributed by atoms with E-state index in [2.05, 4.69) is 11.8 Å². The van der Waals surface area contributed by atoms with Gasteiger partial charge in [-0.15, -0.1) is 0 Å². The summed E-state index contributed by atoms with van der Waals surface area (Å²) in [5.41, 5.74) is 5.51. The lowest BCUT2D eigenvalue weighted by Gasteiger charge is -2.18. The predicted molar refractivity (Wildman–Crippen MR) is 74.0 cm³/mol. The van der Waals surface area contributed by atoms with Crippen molar-refractivity contribution in [2.45, 2.75) is 11.8 Å². The van der Waals surface area contributed by atoms with Crippen LogP contribution in [0.3, 0.4) is 0 Å². The van der Waals surface area contributed by atoms with Crippen LogP contribution in [0.2, 0.25) is 0 Å². The molecule has 0 radical (unpaired) electrons. The van der Waals surface area contributed by atoms with E-state index in [9.17, 15) is 13.2 Å². The van der Waals surface area contributed by atoms with Gasteiger partial charge >= 0.3 is 0 Å². The smallest absolute Gasteiger partial charge is 0.243 e. The van der Waals surface area contributed by atoms with Crippen LogP contribution in [-0.2, 0) is 14.8 Å². The molecule has 0 saturated carbocycles. The molecule has 20 heavy (non-hydrogen) atoms. The Balaban J connectivity index is 3.17. The van der Waals surface area contributed by atoms with E-state index in [-0.39, 0.29) is 24.6 Å². The number of nitrogens with zero attached hydrogens (tertiary/aromatic N) is 1. The summed E-state index contributed by atoms with van der Waals surface area (Å²) in [6.45, 7) is 1.08. The van der Waals surface area contributed by atoms with Crippen LogP contribution in [0.4, 0.5) is 0 Å². The molecule has 0 aliphatic carbocycles. The number of carbonyl (C=O) groups is 1. The third-order valence-corrected chi connectivity index (χ3v) is 4.39. The van der Waals surface area contributed by atoms with E-state index in [0.717, 1.165) is 4.31 Å². The Kier molecular flexibility index (Phi) is 5.70. The summed E-state index contributed by atoms with van der Waals surface area (Å²) in [4.78, 5) is 11.0. The molecule has 1 aromatic rings. The van der Waals surface area contributed by atoms with Gasteiger partial charge in [0.1, 0.15) is 6.61 Å². The number of hydrogen-bond acceptors (Lipinski definition) is 4. The number of nitrogens with two attached hydrogens (primary N) is 1. The molecule has 0 aliphatic rings. The quantitative estimate of drug-likeness (QED) is 0.717. The second kappa shape index (κ2) is 7.05. The summed E-state index contributed by atoms with van der Waals surface area (Å²) in [6, 6.07) is 5.99. The van der Waals surface area contributed by atoms with Crippen molar-refractivity contribution in [2.24, 2.45) is 5.73 Å². The summed E-state index contributed by atoms with van der Waals surface area (Å²) in [7, 11) is -3.79. The maximum atomic E-state index is 12.3. The normalized spacial score (nSPS) is 10.9. The van der Waals surface area contributed by atoms with Crippen molar-refractivity contribution in [1.29, 1.82) is 0 Å². The number of amides is 1. The van der Waals surface area contributed by atoms with Crippen LogP contribution in [0.1, 0.15) is 12.5 Å². The molecule has 1 amide bonds. The van der Waals surface area contributed by atoms with Crippen LogP contribution in [0, 0.1) is 11.8 Å². The number of sulfonamides is 1. The van der Waals surface area contributed by atoms with E-state index >= 15 is 0 Å². The van der Waals surface area contributed by atoms with Crippen LogP contribution in [0.5, 0.6) is 0 Å². The average molecular weight is 296 g/mol. The average Bonchev–Trinajstić information content (AvgIpc) is 2.42. The summed E-state index contributed by atoms with van der Waals surface area (Å²) in [5, 5.41) is 8.63. The summed E-state index contributed by atoms with van der Waals surface area (Å²) < 4.78 is 25.7. The van der Waals surface area contributed by atoms with Crippen molar-refractivity contribution < 1.29 is 18.3 Å². The first kappa shape index (κ1) is 16.2. The third kappa shape index (κ3) is 4.06. The molecule has 0 fully saturated rings. The monoisotopic (exact) mass is 296 g/mol. The first-order valence-corrected chi connectivity index (χ1v) is 7.34. The van der Waals surface area contributed by atoms with E-state index in [4.69, 9.17) is 10.8 Å². The van der Waals surface area contributed by atoms with E-state index in [1.165, 1.54) is 12.1 Å². The Hall–Kier alpha value is -1.88. The molecule has 0 aliphatic heterocycles. The Morgan fingerprint density at radius 2 is 2.15 bits per heavy atom. The molecule has 3 N–H and O–H groups in total. The lowest BCUT2D eigenvalue weighted by molar-refractivity contribution is -0.118. The van der Waals surface area contributed by atoms with Crippen molar-refractivity contribution in [3.05, 3.63) is 29.8 Å². The van der Waals surface area contributed by atoms with Crippen LogP contribution >= 0.6 is 0 Å². The molecule has 0 atom stereocenters. The van der Waals surface area contributed by atoms with Crippen molar-refractivity contribution in [1.82, 2.24) is 4.31 Å². The van der Waals surface area contributed by atoms with Crippen molar-refractivity contribution in [3.8, 4) is 11.8 Å². The van der Waals surface area contributed by atoms with Gasteiger partial charge in [-0.2, -0.15) is 4.31 Å². The maximum Gasteiger partial charge on any atom is 0.243 e. The fraction of sp³-hybridized carbons (Fsp3) is 0.308. The molecule has 0 bridgehead atoms. The van der Waals surface area contributed by atoms with Gasteiger partial charge in [0.25, 0.3) is 0 Å². The summed E-state index contributed by atoms with van der Waals surface area (Å²) >= 11 is 0. The van der Waals surface area contributed by atoms with Crippen molar-refractivity contribution >= 4 is 15.9 Å². The molecule has 7 heteroatoms. The number of rotatable bonds is 5. The van der Waals surface area contributed by atoms with Crippen molar-refractivity contribution in [2.75, 3.05) is 19.7 Å². The predicted octanol–water partition coefficient (Wildman–Crippen LogP) is -0.474. The SMILES string of the molecule is CCN(CC(N)=O)S(=O)(=O)c1cccc(C#CCO)c1. The number of likely N-dealkylation sites (N-methyl/N-ethyl adjacent to an activating group) is 1. The minimum atomic E-state index is -3.79. The third-order valence-electron chi connectivity index (χ3n) is 2.47. The second-order valence-corrected chi connectivity index (χ2v) is 5.82. The number of carbonyl (C=O) groups excluding carboxylic acids is 1. The van der Waals surface area contributed by atoms with Gasteiger partial charge in [-0.25, -0.2) is 8.42 Å². The fourth-order valence-electron chi connectivity index (χ4n) is 1.57. The Bertz CT molecular complexity index is 644. The summed E-state index contributed by atoms with van der Waals surface area (Å²) in [6.07, 6.45) is 0. The molecular weight excluding hydrogens is 280 g/mol. The highest BCUT2D eigenvalue weighted by Gasteiger charge is 2.24. The minimum Gasteiger partial charge on any atom is -0.384 e. The Labute approximate surface area is 118 Å². The molecule has 6 nitrogen and oxygen atoms in total. The molecule has 0 saturated heterocycles. The molecule has 0 aromatic heterocycles. The number of aliphatic hydroxyl groups is 1. The van der Waals surface area contributed by atoms with E-state index in [1.807, 2.05) is 0 Å². The highest BCUT2D eigenvalue weighted by atomic mass is 32.2. The molecule has 0 heterocycles. The Morgan fingerprint density at radius 1 is 1.45 bits per heavy atom. The first-order valence-electron chi connectivity index (χ1n) is 5.90. The lowest BCUT2D eigenvalue weighted by Crippen LogP contribution is -2.38. The van der Waals surface area contributed by atoms with Gasteiger partial charge < -0.3 is 10.8 Å². The highest BCUT2D eigenvalue weighted by Crippen LogP contribution is 2.16. The fourth-order valence-corrected chi connectivity index (χ4v) is 3.03. The van der Waals surface area contributed by atoms with Gasteiger partial charge in [0.05, 0.1) is 11.4 Å². The van der Waals surface area contributed by atoms with Gasteiger partial charge in [0.15, 0.2) is 0 Å². The van der Waals surface area contributed by atoms with Gasteiger partial charge in [-0.3, -0.25) is 4.79 Å². The first-order chi connectivity index (χ1) is 9.41. The minimum absolute atomic E-state index is 0.0327. The zero-order valence-corrected chi connectivity index (χ0v) is 11.9.